The summed E-state index contributed by atoms with van der Waals surface area (Å²) >= 11 is 0. The van der Waals surface area contributed by atoms with Gasteiger partial charge in [0.2, 0.25) is 5.95 Å². The molecular weight excluding hydrogens is 329 g/mol. The molecule has 1 atom stereocenters. The minimum absolute atomic E-state index is 0.358. The molecule has 3 aromatic rings. The molecule has 0 radical (unpaired) electrons. The molecule has 0 aliphatic heterocycles. The van der Waals surface area contributed by atoms with Crippen LogP contribution in [0.5, 0.6) is 0 Å². The van der Waals surface area contributed by atoms with E-state index in [4.69, 9.17) is 0 Å². The molecule has 0 saturated heterocycles. The molecule has 134 valence electrons. The van der Waals surface area contributed by atoms with Gasteiger partial charge in [-0.25, -0.2) is 14.4 Å². The number of nitrogens with one attached hydrogen (secondary N) is 1. The van der Waals surface area contributed by atoms with E-state index in [0.29, 0.717) is 18.2 Å². The van der Waals surface area contributed by atoms with Crippen molar-refractivity contribution in [3.8, 4) is 11.1 Å². The average molecular weight is 351 g/mol. The summed E-state index contributed by atoms with van der Waals surface area (Å²) in [7, 11) is 0. The van der Waals surface area contributed by atoms with Gasteiger partial charge in [-0.05, 0) is 50.1 Å². The van der Waals surface area contributed by atoms with E-state index in [2.05, 4.69) is 33.0 Å². The van der Waals surface area contributed by atoms with E-state index in [-0.39, 0.29) is 0 Å². The van der Waals surface area contributed by atoms with E-state index in [1.54, 1.807) is 12.3 Å². The summed E-state index contributed by atoms with van der Waals surface area (Å²) in [6, 6.07) is 7.67. The molecule has 0 saturated carbocycles. The number of allylic oxidation sites excluding steroid dienone is 1. The minimum Gasteiger partial charge on any atom is -0.324 e. The zero-order valence-electron chi connectivity index (χ0n) is 15.2. The van der Waals surface area contributed by atoms with Gasteiger partial charge in [0.15, 0.2) is 0 Å². The molecule has 1 N–H and O–H groups in total. The second-order valence-corrected chi connectivity index (χ2v) is 6.52. The van der Waals surface area contributed by atoms with Crippen LogP contribution in [0, 0.1) is 6.92 Å². The van der Waals surface area contributed by atoms with Crippen molar-refractivity contribution < 1.29 is 4.39 Å². The normalized spacial score (nSPS) is 12.0. The molecule has 0 amide bonds. The van der Waals surface area contributed by atoms with Crippen molar-refractivity contribution in [2.45, 2.75) is 33.5 Å². The van der Waals surface area contributed by atoms with Crippen molar-refractivity contribution in [2.24, 2.45) is 0 Å². The lowest BCUT2D eigenvalue weighted by Crippen LogP contribution is -2.01. The van der Waals surface area contributed by atoms with E-state index >= 15 is 0 Å². The maximum atomic E-state index is 13.5. The van der Waals surface area contributed by atoms with Gasteiger partial charge in [-0.1, -0.05) is 18.2 Å². The monoisotopic (exact) mass is 351 g/mol. The van der Waals surface area contributed by atoms with Gasteiger partial charge in [0.05, 0.1) is 18.4 Å². The predicted molar refractivity (Wildman–Crippen MR) is 102 cm³/mol. The van der Waals surface area contributed by atoms with Crippen LogP contribution in [0.1, 0.15) is 31.3 Å². The van der Waals surface area contributed by atoms with Crippen molar-refractivity contribution in [3.63, 3.8) is 0 Å². The molecule has 5 nitrogen and oxygen atoms in total. The Hall–Kier alpha value is -3.02. The first kappa shape index (κ1) is 17.8. The lowest BCUT2D eigenvalue weighted by atomic mass is 10.1. The molecule has 6 heteroatoms. The van der Waals surface area contributed by atoms with Gasteiger partial charge in [-0.15, -0.1) is 0 Å². The van der Waals surface area contributed by atoms with Crippen LogP contribution < -0.4 is 5.32 Å². The number of anilines is 2. The quantitative estimate of drug-likeness (QED) is 0.635. The smallest absolute Gasteiger partial charge is 0.227 e. The maximum Gasteiger partial charge on any atom is 0.227 e. The Morgan fingerprint density at radius 1 is 1.31 bits per heavy atom. The van der Waals surface area contributed by atoms with Gasteiger partial charge < -0.3 is 5.32 Å². The number of benzene rings is 1. The molecule has 2 aromatic heterocycles. The average Bonchev–Trinajstić information content (AvgIpc) is 3.02. The maximum absolute atomic E-state index is 13.5. The molecule has 1 unspecified atom stereocenters. The van der Waals surface area contributed by atoms with Gasteiger partial charge >= 0.3 is 0 Å². The summed E-state index contributed by atoms with van der Waals surface area (Å²) in [6.07, 6.45) is 4.25. The van der Waals surface area contributed by atoms with E-state index in [1.165, 1.54) is 6.92 Å². The van der Waals surface area contributed by atoms with E-state index < -0.39 is 6.17 Å². The van der Waals surface area contributed by atoms with Crippen molar-refractivity contribution in [1.29, 1.82) is 0 Å². The van der Waals surface area contributed by atoms with E-state index in [0.717, 1.165) is 28.0 Å². The van der Waals surface area contributed by atoms with Crippen molar-refractivity contribution in [3.05, 3.63) is 66.3 Å². The van der Waals surface area contributed by atoms with Crippen molar-refractivity contribution in [1.82, 2.24) is 19.7 Å². The second-order valence-electron chi connectivity index (χ2n) is 6.52. The third-order valence-electron chi connectivity index (χ3n) is 3.82. The number of aromatic nitrogens is 4. The van der Waals surface area contributed by atoms with Crippen LogP contribution in [-0.2, 0) is 6.54 Å². The number of hydrogen-bond donors (Lipinski definition) is 1. The van der Waals surface area contributed by atoms with E-state index in [9.17, 15) is 4.39 Å². The summed E-state index contributed by atoms with van der Waals surface area (Å²) in [6.45, 7) is 10.1. The summed E-state index contributed by atoms with van der Waals surface area (Å²) in [5, 5.41) is 7.54. The Bertz CT molecular complexity index is 929. The first-order chi connectivity index (χ1) is 12.4. The van der Waals surface area contributed by atoms with Gasteiger partial charge in [0, 0.05) is 23.6 Å². The van der Waals surface area contributed by atoms with Crippen LogP contribution in [0.3, 0.4) is 0 Å². The molecule has 0 spiro atoms. The molecule has 3 rings (SSSR count). The topological polar surface area (TPSA) is 55.6 Å². The zero-order valence-corrected chi connectivity index (χ0v) is 15.2. The Balaban J connectivity index is 1.87. The molecule has 26 heavy (non-hydrogen) atoms. The van der Waals surface area contributed by atoms with Crippen molar-refractivity contribution >= 4 is 11.6 Å². The Labute approximate surface area is 152 Å². The summed E-state index contributed by atoms with van der Waals surface area (Å²) in [4.78, 5) is 8.38. The number of halogens is 1. The van der Waals surface area contributed by atoms with Gasteiger partial charge in [-0.2, -0.15) is 5.10 Å². The number of nitrogens with zero attached hydrogens (tertiary/aromatic N) is 4. The Morgan fingerprint density at radius 3 is 2.85 bits per heavy atom. The first-order valence-electron chi connectivity index (χ1n) is 8.43. The molecule has 0 aliphatic carbocycles. The lowest BCUT2D eigenvalue weighted by molar-refractivity contribution is 0.365. The van der Waals surface area contributed by atoms with Crippen LogP contribution in [0.4, 0.5) is 16.0 Å². The third-order valence-corrected chi connectivity index (χ3v) is 3.82. The van der Waals surface area contributed by atoms with Crippen LogP contribution in [0.25, 0.3) is 11.1 Å². The minimum atomic E-state index is -1.13. The molecule has 2 heterocycles. The fourth-order valence-corrected chi connectivity index (χ4v) is 2.68. The van der Waals surface area contributed by atoms with Gasteiger partial charge in [-0.3, -0.25) is 4.68 Å². The van der Waals surface area contributed by atoms with Crippen LogP contribution in [0.15, 0.2) is 55.0 Å². The number of aryl methyl sites for hydroxylation is 1. The third kappa shape index (κ3) is 4.33. The molecule has 0 fully saturated rings. The largest absolute Gasteiger partial charge is 0.324 e. The van der Waals surface area contributed by atoms with Gasteiger partial charge in [0.1, 0.15) is 6.17 Å². The SMILES string of the molecule is C=C(C)Cn1cc(-c2cc(C)cc(Nc3nccc(C(C)F)n3)c2)cn1. The highest BCUT2D eigenvalue weighted by Gasteiger charge is 2.08. The Morgan fingerprint density at radius 2 is 2.12 bits per heavy atom. The fourth-order valence-electron chi connectivity index (χ4n) is 2.68. The lowest BCUT2D eigenvalue weighted by Gasteiger charge is -2.10. The van der Waals surface area contributed by atoms with Gasteiger partial charge in [0.25, 0.3) is 0 Å². The molecular formula is C20H22FN5. The molecule has 0 aliphatic rings. The number of hydrogen-bond acceptors (Lipinski definition) is 4. The highest BCUT2D eigenvalue weighted by Crippen LogP contribution is 2.26. The summed E-state index contributed by atoms with van der Waals surface area (Å²) in [5.74, 6) is 0.376. The second kappa shape index (κ2) is 7.47. The summed E-state index contributed by atoms with van der Waals surface area (Å²) < 4.78 is 15.3. The molecule has 1 aromatic carbocycles. The fraction of sp³-hybridized carbons (Fsp3) is 0.250. The van der Waals surface area contributed by atoms with Crippen molar-refractivity contribution in [2.75, 3.05) is 5.32 Å². The molecule has 0 bridgehead atoms. The first-order valence-corrected chi connectivity index (χ1v) is 8.43. The van der Waals surface area contributed by atoms with E-state index in [1.807, 2.05) is 43.1 Å². The number of alkyl halides is 1. The highest BCUT2D eigenvalue weighted by atomic mass is 19.1. The Kier molecular flexibility index (Phi) is 5.11. The van der Waals surface area contributed by atoms with Crippen LogP contribution >= 0.6 is 0 Å². The standard InChI is InChI=1S/C20H22FN5/c1-13(2)11-26-12-17(10-23-26)16-7-14(3)8-18(9-16)24-20-22-6-5-19(25-20)15(4)21/h5-10,12,15H,1,11H2,2-4H3,(H,22,24,25). The number of rotatable bonds is 6. The van der Waals surface area contributed by atoms with Crippen LogP contribution in [0.2, 0.25) is 0 Å². The summed E-state index contributed by atoms with van der Waals surface area (Å²) in [5.41, 5.74) is 5.39. The highest BCUT2D eigenvalue weighted by molar-refractivity contribution is 5.70. The predicted octanol–water partition coefficient (Wildman–Crippen LogP) is 5.00. The van der Waals surface area contributed by atoms with Crippen LogP contribution in [-0.4, -0.2) is 19.7 Å². The zero-order chi connectivity index (χ0) is 18.7.